The number of rotatable bonds is 28. The number of anilines is 4. The molecule has 6 rings (SSSR count). The minimum atomic E-state index is 0. The number of aryl methyl sites for hydroxylation is 4. The fourth-order valence-corrected chi connectivity index (χ4v) is 11.2. The normalized spacial score (nSPS) is 11.5. The van der Waals surface area contributed by atoms with Crippen LogP contribution < -0.4 is 74.3 Å². The molecule has 0 aliphatic rings. The molecule has 6 aromatic rings. The van der Waals surface area contributed by atoms with Gasteiger partial charge in [-0.2, -0.15) is 0 Å². The fourth-order valence-electron chi connectivity index (χ4n) is 9.31. The van der Waals surface area contributed by atoms with Gasteiger partial charge in [-0.25, -0.2) is 19.9 Å². The molecular formula is C56H83Br4KN8. The number of halogens is 4. The van der Waals surface area contributed by atoms with Crippen LogP contribution in [0.3, 0.4) is 0 Å². The Balaban J connectivity index is 0.000000769. The van der Waals surface area contributed by atoms with Crippen LogP contribution in [0.5, 0.6) is 0 Å². The standard InChI is InChI=1S/C46H70Br2N4.C10H10Br2N4.K.H2.H/c1-5-9-13-17-21-25-29-39-41(31-27-23-19-15-11-7-3)51-45-37(47)34-36-35(43(45)49-39)33-38(48)46-44(36)50-40(30-26-22-18-14-10-6-2)42(52-46)32-28-24-20-16-12-8-4;11-5-1-3-4(8(14)9(5)15)2-6(12)10(16)7(3)13;;;/h33-34H,5-32H2,1-4H3;1-2H,13-16H2;;1H;/q;;+1;;-1. The second kappa shape index (κ2) is 32.2. The predicted octanol–water partition coefficient (Wildman–Crippen LogP) is 15.9. The summed E-state index contributed by atoms with van der Waals surface area (Å²) in [6.07, 6.45) is 35.0. The van der Waals surface area contributed by atoms with Gasteiger partial charge >= 0.3 is 51.4 Å². The zero-order valence-electron chi connectivity index (χ0n) is 43.7. The molecule has 0 saturated carbocycles. The molecular weight excluding hydrogens is 1140 g/mol. The summed E-state index contributed by atoms with van der Waals surface area (Å²) in [4.78, 5) is 21.8. The van der Waals surface area contributed by atoms with Gasteiger partial charge in [0.05, 0.1) is 56.6 Å². The van der Waals surface area contributed by atoms with Crippen LogP contribution in [0.4, 0.5) is 22.7 Å². The minimum absolute atomic E-state index is 0. The number of hydrogen-bond donors (Lipinski definition) is 4. The monoisotopic (exact) mass is 1220 g/mol. The number of nitrogen functional groups attached to an aromatic ring is 4. The molecule has 8 nitrogen and oxygen atoms in total. The van der Waals surface area contributed by atoms with E-state index in [4.69, 9.17) is 42.9 Å². The molecule has 0 saturated heterocycles. The topological polar surface area (TPSA) is 156 Å². The van der Waals surface area contributed by atoms with Gasteiger partial charge in [-0.3, -0.25) is 0 Å². The molecule has 0 aliphatic carbocycles. The molecule has 2 heterocycles. The van der Waals surface area contributed by atoms with E-state index in [9.17, 15) is 0 Å². The van der Waals surface area contributed by atoms with E-state index < -0.39 is 0 Å². The van der Waals surface area contributed by atoms with Crippen LogP contribution >= 0.6 is 63.7 Å². The van der Waals surface area contributed by atoms with E-state index in [2.05, 4.69) is 104 Å². The molecule has 0 fully saturated rings. The van der Waals surface area contributed by atoms with E-state index in [0.717, 1.165) is 78.2 Å². The van der Waals surface area contributed by atoms with Gasteiger partial charge < -0.3 is 24.4 Å². The number of unbranched alkanes of at least 4 members (excludes halogenated alkanes) is 20. The molecule has 0 bridgehead atoms. The van der Waals surface area contributed by atoms with E-state index in [1.807, 2.05) is 12.1 Å². The summed E-state index contributed by atoms with van der Waals surface area (Å²) in [5.74, 6) is 0. The number of fused-ring (bicyclic) bond motifs is 6. The molecule has 0 spiro atoms. The average Bonchev–Trinajstić information content (AvgIpc) is 3.33. The van der Waals surface area contributed by atoms with Crippen LogP contribution in [-0.2, 0) is 25.7 Å². The first kappa shape index (κ1) is 60.4. The Morgan fingerprint density at radius 3 is 0.841 bits per heavy atom. The van der Waals surface area contributed by atoms with Crippen LogP contribution in [0.15, 0.2) is 42.2 Å². The third-order valence-electron chi connectivity index (χ3n) is 13.5. The van der Waals surface area contributed by atoms with E-state index >= 15 is 0 Å². The molecule has 376 valence electrons. The maximum atomic E-state index is 5.93. The van der Waals surface area contributed by atoms with Crippen molar-refractivity contribution < 1.29 is 54.2 Å². The second-order valence-electron chi connectivity index (χ2n) is 19.0. The molecule has 13 heteroatoms. The van der Waals surface area contributed by atoms with Crippen molar-refractivity contribution in [1.82, 2.24) is 19.9 Å². The maximum Gasteiger partial charge on any atom is 1.00 e. The van der Waals surface area contributed by atoms with Gasteiger partial charge in [0.15, 0.2) is 0 Å². The molecule has 0 atom stereocenters. The number of aromatic nitrogens is 4. The Morgan fingerprint density at radius 2 is 0.565 bits per heavy atom. The number of benzene rings is 4. The molecule has 0 aliphatic heterocycles. The largest absolute Gasteiger partial charge is 1.00 e. The summed E-state index contributed by atoms with van der Waals surface area (Å²) in [6, 6.07) is 8.14. The van der Waals surface area contributed by atoms with Crippen molar-refractivity contribution in [3.8, 4) is 0 Å². The van der Waals surface area contributed by atoms with E-state index in [-0.39, 0.29) is 54.2 Å². The average molecular weight is 1230 g/mol. The van der Waals surface area contributed by atoms with Gasteiger partial charge in [0.1, 0.15) is 11.0 Å². The second-order valence-corrected chi connectivity index (χ2v) is 22.4. The van der Waals surface area contributed by atoms with E-state index in [1.165, 1.54) is 177 Å². The Kier molecular flexibility index (Phi) is 28.2. The maximum absolute atomic E-state index is 5.93. The minimum Gasteiger partial charge on any atom is -1.00 e. The molecule has 0 amide bonds. The van der Waals surface area contributed by atoms with Crippen molar-refractivity contribution in [2.45, 2.75) is 207 Å². The Labute approximate surface area is 493 Å². The summed E-state index contributed by atoms with van der Waals surface area (Å²) in [7, 11) is 0. The van der Waals surface area contributed by atoms with Crippen molar-refractivity contribution in [3.63, 3.8) is 0 Å². The molecule has 69 heavy (non-hydrogen) atoms. The van der Waals surface area contributed by atoms with Crippen molar-refractivity contribution in [2.75, 3.05) is 22.9 Å². The smallest absolute Gasteiger partial charge is 1.00 e. The van der Waals surface area contributed by atoms with Crippen LogP contribution in [-0.4, -0.2) is 19.9 Å². The number of nitrogens with two attached hydrogens (primary N) is 4. The van der Waals surface area contributed by atoms with Crippen molar-refractivity contribution in [3.05, 3.63) is 64.9 Å². The van der Waals surface area contributed by atoms with Crippen LogP contribution in [0.2, 0.25) is 0 Å². The van der Waals surface area contributed by atoms with Crippen LogP contribution in [0, 0.1) is 0 Å². The fraction of sp³-hybridized carbons (Fsp3) is 0.571. The van der Waals surface area contributed by atoms with Crippen molar-refractivity contribution in [2.24, 2.45) is 0 Å². The van der Waals surface area contributed by atoms with Gasteiger partial charge in [-0.15, -0.1) is 0 Å². The molecule has 2 aromatic heterocycles. The first-order valence-corrected chi connectivity index (χ1v) is 29.4. The SMILES string of the molecule is CCCCCCCCc1nc2c(Br)cc3c(cc(Br)c4nc(CCCCCCCC)c(CCCCCCCC)nc43)c2nc1CCCCCCCC.Nc1c(Br)cc2c(N)c(N)c(Br)cc2c1N.[H-].[HH].[K+]. The van der Waals surface area contributed by atoms with Crippen molar-refractivity contribution in [1.29, 1.82) is 0 Å². The van der Waals surface area contributed by atoms with E-state index in [0.29, 0.717) is 31.7 Å². The molecule has 8 N–H and O–H groups in total. The summed E-state index contributed by atoms with van der Waals surface area (Å²) in [5, 5.41) is 3.84. The van der Waals surface area contributed by atoms with Gasteiger partial charge in [0, 0.05) is 40.9 Å². The Bertz CT molecular complexity index is 2390. The van der Waals surface area contributed by atoms with Gasteiger partial charge in [-0.05, 0) is 139 Å². The summed E-state index contributed by atoms with van der Waals surface area (Å²) in [5.41, 5.74) is 34.3. The van der Waals surface area contributed by atoms with Crippen LogP contribution in [0.25, 0.3) is 43.6 Å². The summed E-state index contributed by atoms with van der Waals surface area (Å²) in [6.45, 7) is 9.17. The summed E-state index contributed by atoms with van der Waals surface area (Å²) >= 11 is 14.6. The molecule has 4 aromatic carbocycles. The van der Waals surface area contributed by atoms with Crippen LogP contribution in [0.1, 0.15) is 207 Å². The number of nitrogens with zero attached hydrogens (tertiary/aromatic N) is 4. The Hall–Kier alpha value is -1.16. The van der Waals surface area contributed by atoms with Crippen molar-refractivity contribution >= 4 is 130 Å². The zero-order chi connectivity index (χ0) is 49.0. The zero-order valence-corrected chi connectivity index (χ0v) is 52.2. The Morgan fingerprint density at radius 1 is 0.333 bits per heavy atom. The molecule has 0 unspecified atom stereocenters. The van der Waals surface area contributed by atoms with Gasteiger partial charge in [-0.1, -0.05) is 156 Å². The van der Waals surface area contributed by atoms with Gasteiger partial charge in [0.2, 0.25) is 0 Å². The first-order valence-electron chi connectivity index (χ1n) is 26.3. The van der Waals surface area contributed by atoms with E-state index in [1.54, 1.807) is 0 Å². The summed E-state index contributed by atoms with van der Waals surface area (Å²) < 4.78 is 3.45. The molecule has 0 radical (unpaired) electrons. The quantitative estimate of drug-likeness (QED) is 0.0164. The first-order chi connectivity index (χ1) is 32.9. The predicted molar refractivity (Wildman–Crippen MR) is 314 cm³/mol. The third kappa shape index (κ3) is 17.5. The third-order valence-corrected chi connectivity index (χ3v) is 16.0. The number of hydrogen-bond acceptors (Lipinski definition) is 8. The van der Waals surface area contributed by atoms with Gasteiger partial charge in [0.25, 0.3) is 0 Å².